The number of nitrogens with two attached hydrogens (primary N) is 1. The monoisotopic (exact) mass is 117 g/mol. The van der Waals surface area contributed by atoms with Crippen molar-refractivity contribution in [2.45, 2.75) is 13.3 Å². The Labute approximate surface area is 49.0 Å². The highest BCUT2D eigenvalue weighted by Gasteiger charge is 1.83. The van der Waals surface area contributed by atoms with Crippen LogP contribution in [0.25, 0.3) is 0 Å². The van der Waals surface area contributed by atoms with Gasteiger partial charge in [0.15, 0.2) is 0 Å². The zero-order valence-electron chi connectivity index (χ0n) is 4.77. The summed E-state index contributed by atoms with van der Waals surface area (Å²) in [7, 11) is 0. The molecule has 0 saturated carbocycles. The first-order valence-corrected chi connectivity index (χ1v) is 3.52. The summed E-state index contributed by atoms with van der Waals surface area (Å²) in [5, 5.41) is 0. The van der Waals surface area contributed by atoms with Crippen LogP contribution >= 0.6 is 11.8 Å². The summed E-state index contributed by atoms with van der Waals surface area (Å²) in [6, 6.07) is 0. The number of hydrogen-bond acceptors (Lipinski definition) is 2. The maximum absolute atomic E-state index is 5.21. The highest BCUT2D eigenvalue weighted by atomic mass is 32.2. The summed E-state index contributed by atoms with van der Waals surface area (Å²) in [5.41, 5.74) is 5.21. The van der Waals surface area contributed by atoms with E-state index in [2.05, 4.69) is 6.92 Å². The molecule has 0 rings (SSSR count). The highest BCUT2D eigenvalue weighted by Crippen LogP contribution is 2.12. The van der Waals surface area contributed by atoms with Crippen molar-refractivity contribution in [1.29, 1.82) is 0 Å². The summed E-state index contributed by atoms with van der Waals surface area (Å²) in [6.07, 6.45) is 4.74. The predicted molar refractivity (Wildman–Crippen MR) is 36.1 cm³/mol. The summed E-state index contributed by atoms with van der Waals surface area (Å²) in [6.45, 7) is 2.09. The maximum atomic E-state index is 5.21. The van der Waals surface area contributed by atoms with Crippen LogP contribution in [0.1, 0.15) is 13.3 Å². The van der Waals surface area contributed by atoms with Crippen LogP contribution in [-0.2, 0) is 0 Å². The van der Waals surface area contributed by atoms with Crippen molar-refractivity contribution in [1.82, 2.24) is 0 Å². The Hall–Kier alpha value is -0.110. The van der Waals surface area contributed by atoms with Gasteiger partial charge < -0.3 is 5.73 Å². The van der Waals surface area contributed by atoms with Crippen LogP contribution in [0.3, 0.4) is 0 Å². The molecule has 0 saturated heterocycles. The number of allylic oxidation sites excluding steroid dienone is 1. The maximum Gasteiger partial charge on any atom is 0.00343 e. The molecule has 0 spiro atoms. The van der Waals surface area contributed by atoms with E-state index in [1.54, 1.807) is 18.0 Å². The molecule has 42 valence electrons. The fourth-order valence-corrected chi connectivity index (χ4v) is 0.755. The molecule has 0 atom stereocenters. The fraction of sp³-hybridized carbons (Fsp3) is 0.600. The molecule has 0 fully saturated rings. The van der Waals surface area contributed by atoms with Crippen LogP contribution in [0.2, 0.25) is 0 Å². The third-order valence-electron chi connectivity index (χ3n) is 0.797. The Morgan fingerprint density at radius 3 is 2.43 bits per heavy atom. The summed E-state index contributed by atoms with van der Waals surface area (Å²) < 4.78 is 0. The Morgan fingerprint density at radius 2 is 2.43 bits per heavy atom. The molecule has 0 radical (unpaired) electrons. The third kappa shape index (κ3) is 2.57. The van der Waals surface area contributed by atoms with E-state index >= 15 is 0 Å². The molecule has 0 unspecified atom stereocenters. The van der Waals surface area contributed by atoms with Gasteiger partial charge in [-0.15, -0.1) is 11.8 Å². The molecule has 0 aliphatic carbocycles. The van der Waals surface area contributed by atoms with Crippen LogP contribution in [0.15, 0.2) is 11.1 Å². The average Bonchev–Trinajstić information content (AvgIpc) is 1.72. The molecule has 0 bridgehead atoms. The second-order valence-electron chi connectivity index (χ2n) is 1.19. The van der Waals surface area contributed by atoms with Crippen molar-refractivity contribution in [3.63, 3.8) is 0 Å². The first kappa shape index (κ1) is 6.89. The molecular weight excluding hydrogens is 106 g/mol. The second kappa shape index (κ2) is 4.06. The number of thioether (sulfide) groups is 1. The minimum absolute atomic E-state index is 1.05. The normalized spacial score (nSPS) is 12.0. The SMILES string of the molecule is CC/C(=C/N)SC. The van der Waals surface area contributed by atoms with Crippen molar-refractivity contribution in [3.8, 4) is 0 Å². The topological polar surface area (TPSA) is 26.0 Å². The van der Waals surface area contributed by atoms with Gasteiger partial charge in [0.2, 0.25) is 0 Å². The van der Waals surface area contributed by atoms with E-state index in [0.717, 1.165) is 6.42 Å². The van der Waals surface area contributed by atoms with E-state index in [1.165, 1.54) is 4.91 Å². The molecule has 1 nitrogen and oxygen atoms in total. The minimum atomic E-state index is 1.05. The van der Waals surface area contributed by atoms with Crippen LogP contribution in [0, 0.1) is 0 Å². The van der Waals surface area contributed by atoms with Gasteiger partial charge in [0.05, 0.1) is 0 Å². The molecule has 0 heterocycles. The van der Waals surface area contributed by atoms with Crippen molar-refractivity contribution < 1.29 is 0 Å². The lowest BCUT2D eigenvalue weighted by Gasteiger charge is -1.92. The van der Waals surface area contributed by atoms with Crippen LogP contribution < -0.4 is 5.73 Å². The van der Waals surface area contributed by atoms with Gasteiger partial charge in [-0.05, 0) is 17.6 Å². The quantitative estimate of drug-likeness (QED) is 0.594. The van der Waals surface area contributed by atoms with Gasteiger partial charge in [-0.2, -0.15) is 0 Å². The zero-order chi connectivity index (χ0) is 5.70. The van der Waals surface area contributed by atoms with Crippen molar-refractivity contribution in [3.05, 3.63) is 11.1 Å². The van der Waals surface area contributed by atoms with Gasteiger partial charge in [0.25, 0.3) is 0 Å². The first-order chi connectivity index (χ1) is 3.35. The lowest BCUT2D eigenvalue weighted by atomic mass is 10.5. The van der Waals surface area contributed by atoms with Gasteiger partial charge in [-0.3, -0.25) is 0 Å². The van der Waals surface area contributed by atoms with Gasteiger partial charge in [-0.25, -0.2) is 0 Å². The summed E-state index contributed by atoms with van der Waals surface area (Å²) in [4.78, 5) is 1.25. The van der Waals surface area contributed by atoms with Crippen LogP contribution in [-0.4, -0.2) is 6.26 Å². The van der Waals surface area contributed by atoms with Gasteiger partial charge >= 0.3 is 0 Å². The summed E-state index contributed by atoms with van der Waals surface area (Å²) >= 11 is 1.71. The Balaban J connectivity index is 3.38. The lowest BCUT2D eigenvalue weighted by Crippen LogP contribution is -1.81. The standard InChI is InChI=1S/C5H11NS/c1-3-5(4-6)7-2/h4H,3,6H2,1-2H3/b5-4-. The molecule has 7 heavy (non-hydrogen) atoms. The third-order valence-corrected chi connectivity index (χ3v) is 1.75. The van der Waals surface area contributed by atoms with Crippen LogP contribution in [0.5, 0.6) is 0 Å². The number of hydrogen-bond donors (Lipinski definition) is 1. The Morgan fingerprint density at radius 1 is 1.86 bits per heavy atom. The van der Waals surface area contributed by atoms with Crippen molar-refractivity contribution >= 4 is 11.8 Å². The molecule has 2 N–H and O–H groups in total. The highest BCUT2D eigenvalue weighted by molar-refractivity contribution is 8.02. The molecule has 0 aromatic carbocycles. The van der Waals surface area contributed by atoms with E-state index in [9.17, 15) is 0 Å². The van der Waals surface area contributed by atoms with E-state index in [0.29, 0.717) is 0 Å². The van der Waals surface area contributed by atoms with E-state index in [4.69, 9.17) is 5.73 Å². The van der Waals surface area contributed by atoms with E-state index in [-0.39, 0.29) is 0 Å². The molecule has 2 heteroatoms. The smallest absolute Gasteiger partial charge is 0.00343 e. The van der Waals surface area contributed by atoms with E-state index in [1.807, 2.05) is 6.26 Å². The van der Waals surface area contributed by atoms with Crippen molar-refractivity contribution in [2.75, 3.05) is 6.26 Å². The van der Waals surface area contributed by atoms with Gasteiger partial charge in [0, 0.05) is 6.20 Å². The summed E-state index contributed by atoms with van der Waals surface area (Å²) in [5.74, 6) is 0. The largest absolute Gasteiger partial charge is 0.404 e. The predicted octanol–water partition coefficient (Wildman–Crippen LogP) is 1.56. The molecular formula is C5H11NS. The zero-order valence-corrected chi connectivity index (χ0v) is 5.59. The second-order valence-corrected chi connectivity index (χ2v) is 2.12. The lowest BCUT2D eigenvalue weighted by molar-refractivity contribution is 1.19. The first-order valence-electron chi connectivity index (χ1n) is 2.30. The number of rotatable bonds is 2. The van der Waals surface area contributed by atoms with Gasteiger partial charge in [-0.1, -0.05) is 6.92 Å². The Kier molecular flexibility index (Phi) is 4.00. The van der Waals surface area contributed by atoms with Gasteiger partial charge in [0.1, 0.15) is 0 Å². The molecule has 0 aliphatic heterocycles. The molecule has 0 aliphatic rings. The Bertz CT molecular complexity index is 62.5. The minimum Gasteiger partial charge on any atom is -0.404 e. The molecule has 0 aromatic rings. The van der Waals surface area contributed by atoms with E-state index < -0.39 is 0 Å². The molecule has 0 amide bonds. The fourth-order valence-electron chi connectivity index (χ4n) is 0.330. The van der Waals surface area contributed by atoms with Crippen LogP contribution in [0.4, 0.5) is 0 Å². The van der Waals surface area contributed by atoms with Crippen molar-refractivity contribution in [2.24, 2.45) is 5.73 Å². The molecule has 0 aromatic heterocycles. The average molecular weight is 117 g/mol.